The summed E-state index contributed by atoms with van der Waals surface area (Å²) < 4.78 is 44.1. The average Bonchev–Trinajstić information content (AvgIpc) is 2.53. The summed E-state index contributed by atoms with van der Waals surface area (Å²) in [6.45, 7) is 1.30. The molecule has 1 atom stereocenters. The molecule has 0 heterocycles. The van der Waals surface area contributed by atoms with E-state index in [2.05, 4.69) is 0 Å². The summed E-state index contributed by atoms with van der Waals surface area (Å²) in [5, 5.41) is 9.06. The number of rotatable bonds is 4. The van der Waals surface area contributed by atoms with E-state index in [0.717, 1.165) is 6.07 Å². The van der Waals surface area contributed by atoms with Crippen molar-refractivity contribution in [3.8, 4) is 0 Å². The van der Waals surface area contributed by atoms with E-state index in [-0.39, 0.29) is 16.7 Å². The third-order valence-electron chi connectivity index (χ3n) is 3.37. The van der Waals surface area contributed by atoms with Crippen LogP contribution in [0.2, 0.25) is 0 Å². The summed E-state index contributed by atoms with van der Waals surface area (Å²) in [5.74, 6) is -2.33. The van der Waals surface area contributed by atoms with Gasteiger partial charge in [0.25, 0.3) is 0 Å². The predicted molar refractivity (Wildman–Crippen MR) is 78.7 cm³/mol. The van der Waals surface area contributed by atoms with E-state index in [4.69, 9.17) is 9.84 Å². The molecule has 0 aliphatic rings. The van der Waals surface area contributed by atoms with Gasteiger partial charge in [-0.25, -0.2) is 9.59 Å². The van der Waals surface area contributed by atoms with Crippen LogP contribution in [0.4, 0.5) is 13.2 Å². The lowest BCUT2D eigenvalue weighted by molar-refractivity contribution is -0.139. The highest BCUT2D eigenvalue weighted by atomic mass is 19.4. The number of esters is 1. The van der Waals surface area contributed by atoms with Crippen LogP contribution in [0.5, 0.6) is 0 Å². The Morgan fingerprint density at radius 3 is 2.12 bits per heavy atom. The van der Waals surface area contributed by atoms with E-state index >= 15 is 0 Å². The van der Waals surface area contributed by atoms with Crippen LogP contribution in [0.3, 0.4) is 0 Å². The number of carboxylic acid groups (broad SMARTS) is 1. The molecule has 0 unspecified atom stereocenters. The second-order valence-corrected chi connectivity index (χ2v) is 4.98. The molecule has 0 amide bonds. The van der Waals surface area contributed by atoms with E-state index in [1.807, 2.05) is 0 Å². The lowest BCUT2D eigenvalue weighted by Gasteiger charge is -2.19. The van der Waals surface area contributed by atoms with E-state index in [9.17, 15) is 22.8 Å². The van der Waals surface area contributed by atoms with Crippen LogP contribution in [0, 0.1) is 0 Å². The van der Waals surface area contributed by atoms with Gasteiger partial charge in [-0.2, -0.15) is 13.2 Å². The fourth-order valence-corrected chi connectivity index (χ4v) is 2.24. The van der Waals surface area contributed by atoms with E-state index < -0.39 is 29.8 Å². The van der Waals surface area contributed by atoms with Gasteiger partial charge in [-0.3, -0.25) is 0 Å². The number of carbonyl (C=O) groups excluding carboxylic acids is 1. The molecule has 24 heavy (non-hydrogen) atoms. The Labute approximate surface area is 135 Å². The average molecular weight is 338 g/mol. The number of halogens is 3. The number of hydrogen-bond donors (Lipinski definition) is 1. The van der Waals surface area contributed by atoms with Crippen LogP contribution in [0.25, 0.3) is 0 Å². The number of aromatic carboxylic acids is 1. The van der Waals surface area contributed by atoms with Gasteiger partial charge >= 0.3 is 18.1 Å². The molecule has 0 bridgehead atoms. The third-order valence-corrected chi connectivity index (χ3v) is 3.37. The van der Waals surface area contributed by atoms with Crippen molar-refractivity contribution in [3.63, 3.8) is 0 Å². The van der Waals surface area contributed by atoms with E-state index in [1.165, 1.54) is 49.4 Å². The van der Waals surface area contributed by atoms with Crippen molar-refractivity contribution in [1.82, 2.24) is 0 Å². The lowest BCUT2D eigenvalue weighted by atomic mass is 10.0. The second-order valence-electron chi connectivity index (χ2n) is 4.98. The predicted octanol–water partition coefficient (Wildman–Crippen LogP) is 4.32. The summed E-state index contributed by atoms with van der Waals surface area (Å²) in [5.41, 5.74) is -1.61. The molecule has 126 valence electrons. The number of ether oxygens (including phenoxy) is 1. The fourth-order valence-electron chi connectivity index (χ4n) is 2.24. The molecule has 2 aromatic rings. The first-order valence-corrected chi connectivity index (χ1v) is 6.91. The molecule has 2 aromatic carbocycles. The Hall–Kier alpha value is -2.83. The van der Waals surface area contributed by atoms with Crippen LogP contribution in [0.1, 0.15) is 44.9 Å². The molecule has 7 heteroatoms. The van der Waals surface area contributed by atoms with Gasteiger partial charge in [0, 0.05) is 5.56 Å². The normalized spacial score (nSPS) is 12.5. The Kier molecular flexibility index (Phi) is 4.92. The SMILES string of the molecule is C[C@H](OC(=O)c1ccccc1C(=O)O)c1ccccc1C(F)(F)F. The molecule has 4 nitrogen and oxygen atoms in total. The summed E-state index contributed by atoms with van der Waals surface area (Å²) in [6.07, 6.45) is -5.78. The third kappa shape index (κ3) is 3.73. The minimum Gasteiger partial charge on any atom is -0.478 e. The quantitative estimate of drug-likeness (QED) is 0.843. The summed E-state index contributed by atoms with van der Waals surface area (Å²) in [6, 6.07) is 10.1. The summed E-state index contributed by atoms with van der Waals surface area (Å²) in [4.78, 5) is 23.3. The van der Waals surface area contributed by atoms with E-state index in [1.54, 1.807) is 0 Å². The molecule has 0 saturated heterocycles. The molecule has 2 rings (SSSR count). The van der Waals surface area contributed by atoms with Crippen LogP contribution in [-0.2, 0) is 10.9 Å². The highest BCUT2D eigenvalue weighted by molar-refractivity contribution is 6.02. The molecule has 1 N–H and O–H groups in total. The number of carboxylic acids is 1. The number of carbonyl (C=O) groups is 2. The summed E-state index contributed by atoms with van der Waals surface area (Å²) in [7, 11) is 0. The van der Waals surface area contributed by atoms with Crippen molar-refractivity contribution in [1.29, 1.82) is 0 Å². The Bertz CT molecular complexity index is 768. The highest BCUT2D eigenvalue weighted by Gasteiger charge is 2.35. The van der Waals surface area contributed by atoms with Gasteiger partial charge in [-0.15, -0.1) is 0 Å². The van der Waals surface area contributed by atoms with Crippen molar-refractivity contribution in [3.05, 3.63) is 70.8 Å². The minimum atomic E-state index is -4.59. The van der Waals surface area contributed by atoms with Crippen LogP contribution < -0.4 is 0 Å². The van der Waals surface area contributed by atoms with Gasteiger partial charge < -0.3 is 9.84 Å². The first-order valence-electron chi connectivity index (χ1n) is 6.91. The van der Waals surface area contributed by atoms with Gasteiger partial charge in [-0.05, 0) is 25.1 Å². The Morgan fingerprint density at radius 1 is 1.00 bits per heavy atom. The first kappa shape index (κ1) is 17.5. The maximum absolute atomic E-state index is 13.0. The lowest BCUT2D eigenvalue weighted by Crippen LogP contribution is -2.17. The van der Waals surface area contributed by atoms with Gasteiger partial charge in [-0.1, -0.05) is 30.3 Å². The molecule has 0 aliphatic carbocycles. The van der Waals surface area contributed by atoms with Crippen LogP contribution in [0.15, 0.2) is 48.5 Å². The first-order chi connectivity index (χ1) is 11.2. The van der Waals surface area contributed by atoms with Crippen molar-refractivity contribution in [2.45, 2.75) is 19.2 Å². The fraction of sp³-hybridized carbons (Fsp3) is 0.176. The molecular weight excluding hydrogens is 325 g/mol. The topological polar surface area (TPSA) is 63.6 Å². The van der Waals surface area contributed by atoms with E-state index in [0.29, 0.717) is 0 Å². The smallest absolute Gasteiger partial charge is 0.416 e. The number of alkyl halides is 3. The Balaban J connectivity index is 2.30. The van der Waals surface area contributed by atoms with Gasteiger partial charge in [0.05, 0.1) is 16.7 Å². The van der Waals surface area contributed by atoms with Crippen molar-refractivity contribution >= 4 is 11.9 Å². The zero-order valence-corrected chi connectivity index (χ0v) is 12.5. The monoisotopic (exact) mass is 338 g/mol. The Morgan fingerprint density at radius 2 is 1.54 bits per heavy atom. The standard InChI is InChI=1S/C17H13F3O4/c1-10(11-6-4-5-9-14(11)17(18,19)20)24-16(23)13-8-3-2-7-12(13)15(21)22/h2-10H,1H3,(H,21,22)/t10-/m0/s1. The summed E-state index contributed by atoms with van der Waals surface area (Å²) >= 11 is 0. The largest absolute Gasteiger partial charge is 0.478 e. The number of hydrogen-bond acceptors (Lipinski definition) is 3. The van der Waals surface area contributed by atoms with Gasteiger partial charge in [0.2, 0.25) is 0 Å². The van der Waals surface area contributed by atoms with Crippen molar-refractivity contribution in [2.75, 3.05) is 0 Å². The molecule has 0 spiro atoms. The van der Waals surface area contributed by atoms with Crippen molar-refractivity contribution < 1.29 is 32.6 Å². The van der Waals surface area contributed by atoms with Crippen LogP contribution >= 0.6 is 0 Å². The molecular formula is C17H13F3O4. The van der Waals surface area contributed by atoms with Crippen LogP contribution in [-0.4, -0.2) is 17.0 Å². The number of benzene rings is 2. The highest BCUT2D eigenvalue weighted by Crippen LogP contribution is 2.35. The van der Waals surface area contributed by atoms with Crippen molar-refractivity contribution in [2.24, 2.45) is 0 Å². The molecule has 0 saturated carbocycles. The maximum Gasteiger partial charge on any atom is 0.416 e. The maximum atomic E-state index is 13.0. The molecule has 0 fully saturated rings. The zero-order valence-electron chi connectivity index (χ0n) is 12.5. The zero-order chi connectivity index (χ0) is 17.9. The molecule has 0 aromatic heterocycles. The molecule has 0 aliphatic heterocycles. The second kappa shape index (κ2) is 6.74. The minimum absolute atomic E-state index is 0.203. The van der Waals surface area contributed by atoms with Gasteiger partial charge in [0.15, 0.2) is 0 Å². The molecule has 0 radical (unpaired) electrons. The van der Waals surface area contributed by atoms with Gasteiger partial charge in [0.1, 0.15) is 6.10 Å².